The molecule has 0 amide bonds. The SMILES string of the molecule is C=Cc1ccc(Oc2ccc(C3(c4cc(F)cc(F)c4)c4ccccc4-c4ccc(N(c5ccc(F)cc5)c5ccc6c(c5)C5(c7ccccc7-6)c6ccccc6-c6ccc(N(c7ccc(F)cc7)c7ccc8c(c7)C(c7ccc(Oc9ccc(C=C)cc9)cc7)(c7cc(F)cc(F)c7)c7ccccc7-8)cc65)cc43)cc2)cc1. The molecule has 0 fully saturated rings. The number of halogens is 6. The van der Waals surface area contributed by atoms with Crippen LogP contribution in [-0.4, -0.2) is 0 Å². The van der Waals surface area contributed by atoms with Gasteiger partial charge in [-0.1, -0.05) is 195 Å². The van der Waals surface area contributed by atoms with Crippen LogP contribution in [0.4, 0.5) is 60.5 Å². The lowest BCUT2D eigenvalue weighted by Crippen LogP contribution is -2.29. The second-order valence-electron chi connectivity index (χ2n) is 29.1. The molecular formula is C103H64F6N2O2. The largest absolute Gasteiger partial charge is 0.457 e. The zero-order valence-electron chi connectivity index (χ0n) is 60.5. The summed E-state index contributed by atoms with van der Waals surface area (Å²) in [4.78, 5) is 4.24. The van der Waals surface area contributed by atoms with Gasteiger partial charge in [0.15, 0.2) is 0 Å². The summed E-state index contributed by atoms with van der Waals surface area (Å²) in [6.07, 6.45) is 3.53. The Labute approximate surface area is 649 Å². The van der Waals surface area contributed by atoms with Crippen LogP contribution in [0.15, 0.2) is 365 Å². The van der Waals surface area contributed by atoms with E-state index in [-0.39, 0.29) is 0 Å². The van der Waals surface area contributed by atoms with Gasteiger partial charge in [-0.2, -0.15) is 0 Å². The first-order valence-electron chi connectivity index (χ1n) is 37.3. The van der Waals surface area contributed by atoms with Crippen molar-refractivity contribution >= 4 is 46.3 Å². The maximum absolute atomic E-state index is 16.3. The minimum atomic E-state index is -1.30. The first-order valence-corrected chi connectivity index (χ1v) is 37.3. The summed E-state index contributed by atoms with van der Waals surface area (Å²) in [5.74, 6) is -1.41. The number of hydrogen-bond acceptors (Lipinski definition) is 4. The molecule has 10 heteroatoms. The molecule has 113 heavy (non-hydrogen) atoms. The van der Waals surface area contributed by atoms with Gasteiger partial charge >= 0.3 is 0 Å². The minimum absolute atomic E-state index is 0.378. The number of anilines is 6. The van der Waals surface area contributed by atoms with Gasteiger partial charge in [0.25, 0.3) is 0 Å². The molecule has 16 aromatic carbocycles. The zero-order chi connectivity index (χ0) is 76.4. The Morgan fingerprint density at radius 1 is 0.212 bits per heavy atom. The Balaban J connectivity index is 0.769. The van der Waals surface area contributed by atoms with Crippen LogP contribution < -0.4 is 19.3 Å². The average Bonchev–Trinajstić information content (AvgIpc) is 1.52. The molecule has 2 atom stereocenters. The Kier molecular flexibility index (Phi) is 16.0. The van der Waals surface area contributed by atoms with Crippen LogP contribution in [0.5, 0.6) is 23.0 Å². The fraction of sp³-hybridized carbons (Fsp3) is 0.0291. The van der Waals surface area contributed by atoms with Gasteiger partial charge in [0, 0.05) is 46.3 Å². The molecule has 0 radical (unpaired) electrons. The summed E-state index contributed by atoms with van der Waals surface area (Å²) in [5, 5.41) is 0. The van der Waals surface area contributed by atoms with E-state index in [2.05, 4.69) is 144 Å². The lowest BCUT2D eigenvalue weighted by Gasteiger charge is -2.35. The zero-order valence-corrected chi connectivity index (χ0v) is 60.5. The van der Waals surface area contributed by atoms with Crippen LogP contribution in [-0.2, 0) is 16.2 Å². The molecule has 0 aliphatic heterocycles. The maximum Gasteiger partial charge on any atom is 0.127 e. The third kappa shape index (κ3) is 10.7. The molecule has 0 N–H and O–H groups in total. The van der Waals surface area contributed by atoms with Crippen LogP contribution in [0.3, 0.4) is 0 Å². The molecule has 4 aliphatic carbocycles. The van der Waals surface area contributed by atoms with Gasteiger partial charge in [-0.05, 0) is 292 Å². The van der Waals surface area contributed by atoms with Crippen LogP contribution >= 0.6 is 0 Å². The third-order valence-electron chi connectivity index (χ3n) is 23.2. The van der Waals surface area contributed by atoms with Gasteiger partial charge in [-0.3, -0.25) is 0 Å². The fourth-order valence-electron chi connectivity index (χ4n) is 18.6. The normalized spacial score (nSPS) is 16.1. The van der Waals surface area contributed by atoms with E-state index in [0.29, 0.717) is 56.9 Å². The second kappa shape index (κ2) is 26.5. The van der Waals surface area contributed by atoms with Crippen LogP contribution in [0, 0.1) is 34.9 Å². The highest BCUT2D eigenvalue weighted by Gasteiger charge is 2.54. The van der Waals surface area contributed by atoms with Crippen molar-refractivity contribution in [1.29, 1.82) is 0 Å². The van der Waals surface area contributed by atoms with Crippen LogP contribution in [0.25, 0.3) is 56.7 Å². The van der Waals surface area contributed by atoms with E-state index < -0.39 is 51.1 Å². The van der Waals surface area contributed by atoms with Crippen molar-refractivity contribution in [2.45, 2.75) is 16.2 Å². The summed E-state index contributed by atoms with van der Waals surface area (Å²) in [7, 11) is 0. The Hall–Kier alpha value is -14.2. The van der Waals surface area contributed by atoms with Crippen molar-refractivity contribution in [2.24, 2.45) is 0 Å². The molecular weight excluding hydrogens is 1410 g/mol. The van der Waals surface area contributed by atoms with Crippen molar-refractivity contribution in [2.75, 3.05) is 9.80 Å². The first-order chi connectivity index (χ1) is 55.3. The summed E-state index contributed by atoms with van der Waals surface area (Å²) >= 11 is 0. The molecule has 16 aromatic rings. The molecule has 0 saturated carbocycles. The van der Waals surface area contributed by atoms with Crippen molar-refractivity contribution in [3.05, 3.63) is 478 Å². The van der Waals surface area contributed by atoms with E-state index in [1.54, 1.807) is 36.4 Å². The van der Waals surface area contributed by atoms with Gasteiger partial charge in [0.05, 0.1) is 16.2 Å². The molecule has 0 bridgehead atoms. The van der Waals surface area contributed by atoms with E-state index in [4.69, 9.17) is 9.47 Å². The van der Waals surface area contributed by atoms with Crippen molar-refractivity contribution in [3.8, 4) is 67.5 Å². The topological polar surface area (TPSA) is 24.9 Å². The van der Waals surface area contributed by atoms with E-state index in [1.807, 2.05) is 146 Å². The van der Waals surface area contributed by atoms with E-state index in [1.165, 1.54) is 48.5 Å². The smallest absolute Gasteiger partial charge is 0.127 e. The minimum Gasteiger partial charge on any atom is -0.457 e. The Bertz CT molecular complexity index is 6120. The Morgan fingerprint density at radius 3 is 0.752 bits per heavy atom. The van der Waals surface area contributed by atoms with Crippen LogP contribution in [0.2, 0.25) is 0 Å². The number of benzene rings is 16. The number of rotatable bonds is 16. The van der Waals surface area contributed by atoms with Crippen molar-refractivity contribution in [1.82, 2.24) is 0 Å². The monoisotopic (exact) mass is 1470 g/mol. The first kappa shape index (κ1) is 68.1. The number of ether oxygens (including phenoxy) is 2. The lowest BCUT2D eigenvalue weighted by atomic mass is 9.67. The van der Waals surface area contributed by atoms with Gasteiger partial charge in [-0.25, -0.2) is 26.3 Å². The molecule has 2 unspecified atom stereocenters. The van der Waals surface area contributed by atoms with E-state index in [9.17, 15) is 0 Å². The van der Waals surface area contributed by atoms with Gasteiger partial charge < -0.3 is 19.3 Å². The molecule has 540 valence electrons. The summed E-state index contributed by atoms with van der Waals surface area (Å²) in [5.41, 5.74) is 19.4. The quantitative estimate of drug-likeness (QED) is 0.0900. The summed E-state index contributed by atoms with van der Waals surface area (Å²) in [6, 6.07) is 109. The van der Waals surface area contributed by atoms with Gasteiger partial charge in [0.2, 0.25) is 0 Å². The van der Waals surface area contributed by atoms with Crippen molar-refractivity contribution in [3.63, 3.8) is 0 Å². The lowest BCUT2D eigenvalue weighted by molar-refractivity contribution is 0.482. The molecule has 4 nitrogen and oxygen atoms in total. The molecule has 0 heterocycles. The number of hydrogen-bond donors (Lipinski definition) is 0. The molecule has 4 aliphatic rings. The second-order valence-corrected chi connectivity index (χ2v) is 29.1. The van der Waals surface area contributed by atoms with E-state index in [0.717, 1.165) is 135 Å². The third-order valence-corrected chi connectivity index (χ3v) is 23.2. The highest BCUT2D eigenvalue weighted by Crippen LogP contribution is 2.66. The predicted octanol–water partition coefficient (Wildman–Crippen LogP) is 27.4. The molecule has 20 rings (SSSR count). The van der Waals surface area contributed by atoms with E-state index >= 15 is 26.3 Å². The highest BCUT2D eigenvalue weighted by atomic mass is 19.2. The average molecular weight is 1480 g/mol. The fourth-order valence-corrected chi connectivity index (χ4v) is 18.6. The highest BCUT2D eigenvalue weighted by molar-refractivity contribution is 5.99. The van der Waals surface area contributed by atoms with Gasteiger partial charge in [0.1, 0.15) is 57.9 Å². The predicted molar refractivity (Wildman–Crippen MR) is 440 cm³/mol. The standard InChI is InChI=1S/C103H64F6N2O2/c1-3-63-21-41-81(42-22-63)112-83-45-25-65(26-46-83)101(67-53-71(106)57-72(107)54-67)93-17-9-5-13-85(93)89-49-37-77(59-97(89)101)110(75-33-29-69(104)30-34-75)79-39-51-91-87-15-7-11-19-95(87)103(99(91)61-79)96-20-12-8-16-88(96)92-52-40-80(62-100(92)103)111(76-35-31-70(105)32-36-76)78-38-50-90-86-14-6-10-18-94(86)102(98(90)60-78,68-55-73(108)58-74(109)56-68)66-27-47-84(48-28-66)113-82-43-23-64(4-2)24-44-82/h3-62H,1-2H2. The Morgan fingerprint density at radius 2 is 0.460 bits per heavy atom. The molecule has 0 aromatic heterocycles. The van der Waals surface area contributed by atoms with Gasteiger partial charge in [-0.15, -0.1) is 0 Å². The van der Waals surface area contributed by atoms with Crippen molar-refractivity contribution < 1.29 is 35.8 Å². The number of fused-ring (bicyclic) bond motifs is 16. The summed E-state index contributed by atoms with van der Waals surface area (Å²) in [6.45, 7) is 7.79. The van der Waals surface area contributed by atoms with Crippen LogP contribution in [0.1, 0.15) is 77.9 Å². The number of nitrogens with zero attached hydrogens (tertiary/aromatic N) is 2. The maximum atomic E-state index is 16.3. The molecule has 1 spiro atoms. The molecule has 0 saturated heterocycles. The summed E-state index contributed by atoms with van der Waals surface area (Å²) < 4.78 is 109.